The quantitative estimate of drug-likeness (QED) is 0.628. The minimum Gasteiger partial charge on any atom is -0.339 e. The van der Waals surface area contributed by atoms with Gasteiger partial charge in [-0.3, -0.25) is 9.20 Å². The number of nitrogens with zero attached hydrogens (tertiary/aromatic N) is 3. The summed E-state index contributed by atoms with van der Waals surface area (Å²) in [7, 11) is 0. The van der Waals surface area contributed by atoms with Gasteiger partial charge in [0.15, 0.2) is 4.96 Å². The summed E-state index contributed by atoms with van der Waals surface area (Å²) in [6, 6.07) is 8.09. The molecule has 6 heteroatoms. The molecule has 4 nitrogen and oxygen atoms in total. The minimum absolute atomic E-state index is 0.234. The van der Waals surface area contributed by atoms with E-state index in [0.717, 1.165) is 47.7 Å². The summed E-state index contributed by atoms with van der Waals surface area (Å²) >= 11 is 7.55. The number of benzene rings is 1. The molecular weight excluding hydrogens is 366 g/mol. The Balaban J connectivity index is 1.57. The molecule has 3 aromatic rings. The molecule has 1 aliphatic heterocycles. The molecule has 0 radical (unpaired) electrons. The van der Waals surface area contributed by atoms with E-state index in [2.05, 4.69) is 21.6 Å². The Labute approximate surface area is 162 Å². The highest BCUT2D eigenvalue weighted by molar-refractivity contribution is 7.15. The molecule has 1 aromatic carbocycles. The molecule has 136 valence electrons. The van der Waals surface area contributed by atoms with Crippen molar-refractivity contribution in [2.24, 2.45) is 0 Å². The van der Waals surface area contributed by atoms with Crippen LogP contribution >= 0.6 is 22.9 Å². The van der Waals surface area contributed by atoms with Crippen LogP contribution in [0.3, 0.4) is 0 Å². The van der Waals surface area contributed by atoms with Gasteiger partial charge in [-0.2, -0.15) is 0 Å². The van der Waals surface area contributed by atoms with Crippen molar-refractivity contribution in [3.8, 4) is 11.3 Å². The van der Waals surface area contributed by atoms with Crippen LogP contribution in [-0.4, -0.2) is 32.8 Å². The van der Waals surface area contributed by atoms with Gasteiger partial charge in [-0.15, -0.1) is 11.3 Å². The molecule has 1 atom stereocenters. The molecule has 1 amide bonds. The standard InChI is InChI=1S/C20H22ClN3OS/c1-2-16-5-3-4-10-23(16)19(25)11-17-13-26-20-22-18(12-24(17)20)14-6-8-15(21)9-7-14/h6-9,12-13,16H,2-5,10-11H2,1H3. The Morgan fingerprint density at radius 3 is 2.88 bits per heavy atom. The van der Waals surface area contributed by atoms with Gasteiger partial charge in [-0.25, -0.2) is 4.98 Å². The van der Waals surface area contributed by atoms with E-state index in [4.69, 9.17) is 16.6 Å². The number of piperidine rings is 1. The molecular formula is C20H22ClN3OS. The summed E-state index contributed by atoms with van der Waals surface area (Å²) in [6.45, 7) is 3.07. The summed E-state index contributed by atoms with van der Waals surface area (Å²) in [5, 5.41) is 2.77. The molecule has 1 fully saturated rings. The zero-order valence-electron chi connectivity index (χ0n) is 14.8. The van der Waals surface area contributed by atoms with E-state index < -0.39 is 0 Å². The van der Waals surface area contributed by atoms with Crippen LogP contribution in [0.25, 0.3) is 16.2 Å². The predicted molar refractivity (Wildman–Crippen MR) is 107 cm³/mol. The van der Waals surface area contributed by atoms with Crippen molar-refractivity contribution >= 4 is 33.8 Å². The predicted octanol–water partition coefficient (Wildman–Crippen LogP) is 5.05. The van der Waals surface area contributed by atoms with Crippen LogP contribution in [0.5, 0.6) is 0 Å². The smallest absolute Gasteiger partial charge is 0.228 e. The first kappa shape index (κ1) is 17.6. The number of amides is 1. The SMILES string of the molecule is CCC1CCCCN1C(=O)Cc1csc2nc(-c3ccc(Cl)cc3)cn12. The van der Waals surface area contributed by atoms with Gasteiger partial charge in [0.1, 0.15) is 0 Å². The number of hydrogen-bond acceptors (Lipinski definition) is 3. The lowest BCUT2D eigenvalue weighted by atomic mass is 9.99. The van der Waals surface area contributed by atoms with Crippen molar-refractivity contribution in [3.63, 3.8) is 0 Å². The lowest BCUT2D eigenvalue weighted by Crippen LogP contribution is -2.44. The lowest BCUT2D eigenvalue weighted by molar-refractivity contribution is -0.134. The van der Waals surface area contributed by atoms with Crippen LogP contribution in [0.2, 0.25) is 5.02 Å². The van der Waals surface area contributed by atoms with Gasteiger partial charge in [0.05, 0.1) is 12.1 Å². The van der Waals surface area contributed by atoms with Crippen LogP contribution < -0.4 is 0 Å². The van der Waals surface area contributed by atoms with Gasteiger partial charge >= 0.3 is 0 Å². The second-order valence-corrected chi connectivity index (χ2v) is 8.11. The normalized spacial score (nSPS) is 17.8. The Morgan fingerprint density at radius 2 is 2.12 bits per heavy atom. The number of carbonyl (C=O) groups excluding carboxylic acids is 1. The summed E-state index contributed by atoms with van der Waals surface area (Å²) in [4.78, 5) is 20.6. The Morgan fingerprint density at radius 1 is 1.31 bits per heavy atom. The van der Waals surface area contributed by atoms with Crippen molar-refractivity contribution in [1.29, 1.82) is 0 Å². The summed E-state index contributed by atoms with van der Waals surface area (Å²) in [5.74, 6) is 0.234. The number of aromatic nitrogens is 2. The molecule has 2 aromatic heterocycles. The largest absolute Gasteiger partial charge is 0.339 e. The Bertz CT molecular complexity index is 915. The van der Waals surface area contributed by atoms with Crippen LogP contribution in [0.15, 0.2) is 35.8 Å². The molecule has 4 rings (SSSR count). The number of thiazole rings is 1. The zero-order chi connectivity index (χ0) is 18.1. The molecule has 0 N–H and O–H groups in total. The van der Waals surface area contributed by atoms with Crippen LogP contribution in [0, 0.1) is 0 Å². The van der Waals surface area contributed by atoms with E-state index in [0.29, 0.717) is 17.5 Å². The topological polar surface area (TPSA) is 37.6 Å². The van der Waals surface area contributed by atoms with Gasteiger partial charge in [-0.05, 0) is 37.8 Å². The van der Waals surface area contributed by atoms with Gasteiger partial charge in [-0.1, -0.05) is 30.7 Å². The molecule has 3 heterocycles. The lowest BCUT2D eigenvalue weighted by Gasteiger charge is -2.35. The first-order chi connectivity index (χ1) is 12.7. The fourth-order valence-electron chi connectivity index (χ4n) is 3.73. The van der Waals surface area contributed by atoms with Gasteiger partial charge in [0.25, 0.3) is 0 Å². The fourth-order valence-corrected chi connectivity index (χ4v) is 4.73. The number of rotatable bonds is 4. The van der Waals surface area contributed by atoms with E-state index in [1.165, 1.54) is 6.42 Å². The number of likely N-dealkylation sites (tertiary alicyclic amines) is 1. The van der Waals surface area contributed by atoms with E-state index in [1.807, 2.05) is 30.5 Å². The van der Waals surface area contributed by atoms with E-state index >= 15 is 0 Å². The molecule has 0 aliphatic carbocycles. The molecule has 1 unspecified atom stereocenters. The zero-order valence-corrected chi connectivity index (χ0v) is 16.4. The molecule has 0 saturated carbocycles. The molecule has 1 aliphatic rings. The minimum atomic E-state index is 0.234. The van der Waals surface area contributed by atoms with E-state index in [9.17, 15) is 4.79 Å². The number of halogens is 1. The first-order valence-corrected chi connectivity index (χ1v) is 10.4. The third kappa shape index (κ3) is 3.38. The highest BCUT2D eigenvalue weighted by Gasteiger charge is 2.26. The molecule has 26 heavy (non-hydrogen) atoms. The Kier molecular flexibility index (Phi) is 5.00. The van der Waals surface area contributed by atoms with Gasteiger partial charge in [0.2, 0.25) is 5.91 Å². The van der Waals surface area contributed by atoms with Crippen molar-refractivity contribution in [1.82, 2.24) is 14.3 Å². The van der Waals surface area contributed by atoms with Crippen LogP contribution in [0.1, 0.15) is 38.3 Å². The maximum atomic E-state index is 12.9. The highest BCUT2D eigenvalue weighted by Crippen LogP contribution is 2.26. The fraction of sp³-hybridized carbons (Fsp3) is 0.400. The third-order valence-electron chi connectivity index (χ3n) is 5.17. The summed E-state index contributed by atoms with van der Waals surface area (Å²) in [5.41, 5.74) is 2.96. The van der Waals surface area contributed by atoms with Gasteiger partial charge < -0.3 is 4.90 Å². The number of imidazole rings is 1. The second-order valence-electron chi connectivity index (χ2n) is 6.83. The maximum absolute atomic E-state index is 12.9. The monoisotopic (exact) mass is 387 g/mol. The van der Waals surface area contributed by atoms with E-state index in [-0.39, 0.29) is 5.91 Å². The average Bonchev–Trinajstić information content (AvgIpc) is 3.24. The highest BCUT2D eigenvalue weighted by atomic mass is 35.5. The number of fused-ring (bicyclic) bond motifs is 1. The summed E-state index contributed by atoms with van der Waals surface area (Å²) < 4.78 is 2.05. The van der Waals surface area contributed by atoms with Crippen molar-refractivity contribution in [2.45, 2.75) is 45.1 Å². The van der Waals surface area contributed by atoms with Crippen molar-refractivity contribution < 1.29 is 4.79 Å². The Hall–Kier alpha value is -1.85. The van der Waals surface area contributed by atoms with Gasteiger partial charge in [0, 0.05) is 40.4 Å². The molecule has 0 spiro atoms. The summed E-state index contributed by atoms with van der Waals surface area (Å²) in [6.07, 6.45) is 6.98. The molecule has 0 bridgehead atoms. The van der Waals surface area contributed by atoms with E-state index in [1.54, 1.807) is 11.3 Å². The first-order valence-electron chi connectivity index (χ1n) is 9.16. The maximum Gasteiger partial charge on any atom is 0.228 e. The third-order valence-corrected chi connectivity index (χ3v) is 6.32. The number of carbonyl (C=O) groups is 1. The van der Waals surface area contributed by atoms with Crippen LogP contribution in [-0.2, 0) is 11.2 Å². The van der Waals surface area contributed by atoms with Crippen molar-refractivity contribution in [3.05, 3.63) is 46.6 Å². The second kappa shape index (κ2) is 7.41. The molecule has 1 saturated heterocycles. The van der Waals surface area contributed by atoms with Crippen LogP contribution in [0.4, 0.5) is 0 Å². The van der Waals surface area contributed by atoms with Crippen molar-refractivity contribution in [2.75, 3.05) is 6.54 Å². The number of hydrogen-bond donors (Lipinski definition) is 0. The average molecular weight is 388 g/mol.